The smallest absolute Gasteiger partial charge is 0.133 e. The van der Waals surface area contributed by atoms with Crippen LogP contribution < -0.4 is 0 Å². The molecule has 1 aromatic heterocycles. The zero-order valence-electron chi connectivity index (χ0n) is 10.7. The molecule has 3 heterocycles. The Morgan fingerprint density at radius 1 is 1.18 bits per heavy atom. The van der Waals surface area contributed by atoms with Crippen molar-refractivity contribution >= 4 is 0 Å². The fourth-order valence-corrected chi connectivity index (χ4v) is 3.22. The minimum atomic E-state index is 0.781. The molecule has 0 bridgehead atoms. The Balaban J connectivity index is 1.70. The standard InChI is InChI=1S/C13H22N4/c1-16-7-4-5-11(10-16)9-13-15-14-12-6-2-3-8-17(12)13/h11H,2-10H2,1H3. The van der Waals surface area contributed by atoms with Crippen LogP contribution in [-0.2, 0) is 19.4 Å². The number of aromatic nitrogens is 3. The van der Waals surface area contributed by atoms with Gasteiger partial charge in [-0.1, -0.05) is 0 Å². The molecule has 1 aromatic rings. The van der Waals surface area contributed by atoms with Crippen molar-refractivity contribution in [1.82, 2.24) is 19.7 Å². The summed E-state index contributed by atoms with van der Waals surface area (Å²) < 4.78 is 2.37. The van der Waals surface area contributed by atoms with E-state index < -0.39 is 0 Å². The largest absolute Gasteiger partial charge is 0.315 e. The van der Waals surface area contributed by atoms with Crippen LogP contribution in [0.15, 0.2) is 0 Å². The Hall–Kier alpha value is -0.900. The number of hydrogen-bond acceptors (Lipinski definition) is 3. The molecule has 0 aromatic carbocycles. The second-order valence-electron chi connectivity index (χ2n) is 5.62. The zero-order valence-corrected chi connectivity index (χ0v) is 10.7. The van der Waals surface area contributed by atoms with Crippen LogP contribution in [0.25, 0.3) is 0 Å². The van der Waals surface area contributed by atoms with E-state index in [9.17, 15) is 0 Å². The van der Waals surface area contributed by atoms with E-state index in [1.54, 1.807) is 0 Å². The first-order valence-corrected chi connectivity index (χ1v) is 6.92. The average molecular weight is 234 g/mol. The number of piperidine rings is 1. The minimum absolute atomic E-state index is 0.781. The SMILES string of the molecule is CN1CCCC(Cc2nnc3n2CCCC3)C1. The van der Waals surface area contributed by atoms with Crippen LogP contribution >= 0.6 is 0 Å². The second-order valence-corrected chi connectivity index (χ2v) is 5.62. The highest BCUT2D eigenvalue weighted by atomic mass is 15.3. The summed E-state index contributed by atoms with van der Waals surface area (Å²) in [4.78, 5) is 2.45. The van der Waals surface area contributed by atoms with E-state index in [1.165, 1.54) is 50.4 Å². The maximum absolute atomic E-state index is 4.41. The predicted molar refractivity (Wildman–Crippen MR) is 66.9 cm³/mol. The van der Waals surface area contributed by atoms with Gasteiger partial charge in [-0.2, -0.15) is 0 Å². The summed E-state index contributed by atoms with van der Waals surface area (Å²) >= 11 is 0. The summed E-state index contributed by atoms with van der Waals surface area (Å²) in [6.07, 6.45) is 7.51. The molecule has 0 aliphatic carbocycles. The van der Waals surface area contributed by atoms with E-state index in [0.717, 1.165) is 25.3 Å². The quantitative estimate of drug-likeness (QED) is 0.777. The van der Waals surface area contributed by atoms with Gasteiger partial charge in [0.25, 0.3) is 0 Å². The lowest BCUT2D eigenvalue weighted by molar-refractivity contribution is 0.206. The highest BCUT2D eigenvalue weighted by molar-refractivity contribution is 5.00. The fourth-order valence-electron chi connectivity index (χ4n) is 3.22. The normalized spacial score (nSPS) is 25.8. The third-order valence-corrected chi connectivity index (χ3v) is 4.13. The Kier molecular flexibility index (Phi) is 3.14. The molecule has 4 nitrogen and oxygen atoms in total. The number of hydrogen-bond donors (Lipinski definition) is 0. The Morgan fingerprint density at radius 2 is 2.12 bits per heavy atom. The molecule has 0 spiro atoms. The molecule has 17 heavy (non-hydrogen) atoms. The van der Waals surface area contributed by atoms with Crippen LogP contribution in [0.3, 0.4) is 0 Å². The van der Waals surface area contributed by atoms with Gasteiger partial charge in [-0.15, -0.1) is 10.2 Å². The van der Waals surface area contributed by atoms with Gasteiger partial charge in [0.15, 0.2) is 0 Å². The predicted octanol–water partition coefficient (Wildman–Crippen LogP) is 1.50. The van der Waals surface area contributed by atoms with Gasteiger partial charge in [-0.25, -0.2) is 0 Å². The van der Waals surface area contributed by atoms with E-state index in [1.807, 2.05) is 0 Å². The molecule has 0 N–H and O–H groups in total. The Labute approximate surface area is 103 Å². The van der Waals surface area contributed by atoms with Crippen LogP contribution in [0.5, 0.6) is 0 Å². The first-order valence-electron chi connectivity index (χ1n) is 6.92. The molecule has 4 heteroatoms. The second kappa shape index (κ2) is 4.77. The van der Waals surface area contributed by atoms with Crippen molar-refractivity contribution < 1.29 is 0 Å². The highest BCUT2D eigenvalue weighted by Gasteiger charge is 2.22. The van der Waals surface area contributed by atoms with Crippen molar-refractivity contribution in [3.05, 3.63) is 11.6 Å². The van der Waals surface area contributed by atoms with Gasteiger partial charge >= 0.3 is 0 Å². The Morgan fingerprint density at radius 3 is 3.00 bits per heavy atom. The lowest BCUT2D eigenvalue weighted by atomic mass is 9.95. The number of likely N-dealkylation sites (tertiary alicyclic amines) is 1. The number of aryl methyl sites for hydroxylation is 1. The molecule has 1 fully saturated rings. The molecule has 0 saturated carbocycles. The maximum atomic E-state index is 4.41. The van der Waals surface area contributed by atoms with Gasteiger partial charge in [0.1, 0.15) is 11.6 Å². The topological polar surface area (TPSA) is 34.0 Å². The van der Waals surface area contributed by atoms with Crippen LogP contribution in [-0.4, -0.2) is 39.8 Å². The number of fused-ring (bicyclic) bond motifs is 1. The third kappa shape index (κ3) is 2.37. The molecule has 0 radical (unpaired) electrons. The lowest BCUT2D eigenvalue weighted by Crippen LogP contribution is -2.33. The van der Waals surface area contributed by atoms with Crippen molar-refractivity contribution in [2.24, 2.45) is 5.92 Å². The van der Waals surface area contributed by atoms with Gasteiger partial charge in [0.05, 0.1) is 0 Å². The van der Waals surface area contributed by atoms with E-state index >= 15 is 0 Å². The summed E-state index contributed by atoms with van der Waals surface area (Å²) in [7, 11) is 2.23. The average Bonchev–Trinajstić information content (AvgIpc) is 2.73. The molecule has 1 saturated heterocycles. The number of rotatable bonds is 2. The monoisotopic (exact) mass is 234 g/mol. The van der Waals surface area contributed by atoms with Crippen molar-refractivity contribution in [2.75, 3.05) is 20.1 Å². The Bertz CT molecular complexity index is 385. The third-order valence-electron chi connectivity index (χ3n) is 4.13. The zero-order chi connectivity index (χ0) is 11.7. The molecule has 0 amide bonds. The summed E-state index contributed by atoms with van der Waals surface area (Å²) in [6.45, 7) is 3.62. The molecule has 2 aliphatic heterocycles. The van der Waals surface area contributed by atoms with Gasteiger partial charge in [-0.3, -0.25) is 0 Å². The van der Waals surface area contributed by atoms with Crippen molar-refractivity contribution in [1.29, 1.82) is 0 Å². The van der Waals surface area contributed by atoms with Gasteiger partial charge in [0.2, 0.25) is 0 Å². The maximum Gasteiger partial charge on any atom is 0.133 e. The van der Waals surface area contributed by atoms with Crippen molar-refractivity contribution in [3.63, 3.8) is 0 Å². The summed E-state index contributed by atoms with van der Waals surface area (Å²) in [5.74, 6) is 3.24. The molecule has 1 atom stereocenters. The molecular formula is C13H22N4. The molecule has 1 unspecified atom stereocenters. The minimum Gasteiger partial charge on any atom is -0.315 e. The van der Waals surface area contributed by atoms with E-state index in [-0.39, 0.29) is 0 Å². The van der Waals surface area contributed by atoms with Crippen LogP contribution in [0.1, 0.15) is 37.3 Å². The lowest BCUT2D eigenvalue weighted by Gasteiger charge is -2.29. The summed E-state index contributed by atoms with van der Waals surface area (Å²) in [5, 5.41) is 8.75. The van der Waals surface area contributed by atoms with Crippen LogP contribution in [0, 0.1) is 5.92 Å². The molecule has 3 rings (SSSR count). The van der Waals surface area contributed by atoms with Gasteiger partial charge in [-0.05, 0) is 45.2 Å². The van der Waals surface area contributed by atoms with E-state index in [4.69, 9.17) is 0 Å². The van der Waals surface area contributed by atoms with Crippen molar-refractivity contribution in [2.45, 2.75) is 45.1 Å². The van der Waals surface area contributed by atoms with Crippen molar-refractivity contribution in [3.8, 4) is 0 Å². The molecular weight excluding hydrogens is 212 g/mol. The van der Waals surface area contributed by atoms with E-state index in [0.29, 0.717) is 0 Å². The van der Waals surface area contributed by atoms with E-state index in [2.05, 4.69) is 26.7 Å². The fraction of sp³-hybridized carbons (Fsp3) is 0.846. The first-order chi connectivity index (χ1) is 8.33. The molecule has 2 aliphatic rings. The highest BCUT2D eigenvalue weighted by Crippen LogP contribution is 2.21. The van der Waals surface area contributed by atoms with Gasteiger partial charge < -0.3 is 9.47 Å². The summed E-state index contributed by atoms with van der Waals surface area (Å²) in [5.41, 5.74) is 0. The van der Waals surface area contributed by atoms with Gasteiger partial charge in [0, 0.05) is 25.9 Å². The summed E-state index contributed by atoms with van der Waals surface area (Å²) in [6, 6.07) is 0. The van der Waals surface area contributed by atoms with Crippen LogP contribution in [0.4, 0.5) is 0 Å². The molecule has 94 valence electrons. The van der Waals surface area contributed by atoms with Crippen LogP contribution in [0.2, 0.25) is 0 Å². The number of nitrogens with zero attached hydrogens (tertiary/aromatic N) is 4. The first kappa shape index (κ1) is 11.2.